The van der Waals surface area contributed by atoms with Gasteiger partial charge in [-0.15, -0.1) is 6.58 Å². The SMILES string of the molecule is C=CCNC(N)=NCc1cnc(N2CCOCC2)c(F)c1. The molecule has 0 spiro atoms. The first-order valence-electron chi connectivity index (χ1n) is 6.82. The Morgan fingerprint density at radius 2 is 2.33 bits per heavy atom. The number of ether oxygens (including phenoxy) is 1. The number of nitrogens with one attached hydrogen (secondary N) is 1. The number of nitrogens with two attached hydrogens (primary N) is 1. The molecule has 0 aliphatic carbocycles. The first kappa shape index (κ1) is 15.2. The summed E-state index contributed by atoms with van der Waals surface area (Å²) in [4.78, 5) is 10.2. The third kappa shape index (κ3) is 4.42. The molecule has 0 bridgehead atoms. The second-order valence-corrected chi connectivity index (χ2v) is 4.62. The van der Waals surface area contributed by atoms with Crippen molar-refractivity contribution in [3.05, 3.63) is 36.3 Å². The summed E-state index contributed by atoms with van der Waals surface area (Å²) in [7, 11) is 0. The molecule has 1 aromatic rings. The summed E-state index contributed by atoms with van der Waals surface area (Å²) >= 11 is 0. The topological polar surface area (TPSA) is 75.8 Å². The Balaban J connectivity index is 1.99. The molecule has 2 rings (SSSR count). The normalized spacial score (nSPS) is 15.9. The fourth-order valence-corrected chi connectivity index (χ4v) is 1.97. The van der Waals surface area contributed by atoms with Crippen LogP contribution in [-0.4, -0.2) is 43.8 Å². The number of pyridine rings is 1. The van der Waals surface area contributed by atoms with Crippen molar-refractivity contribution in [3.63, 3.8) is 0 Å². The highest BCUT2D eigenvalue weighted by atomic mass is 19.1. The lowest BCUT2D eigenvalue weighted by molar-refractivity contribution is 0.122. The Bertz CT molecular complexity index is 514. The van der Waals surface area contributed by atoms with E-state index in [2.05, 4.69) is 21.9 Å². The van der Waals surface area contributed by atoms with Crippen molar-refractivity contribution in [1.29, 1.82) is 0 Å². The molecule has 1 aromatic heterocycles. The number of halogens is 1. The number of rotatable bonds is 5. The van der Waals surface area contributed by atoms with Gasteiger partial charge >= 0.3 is 0 Å². The smallest absolute Gasteiger partial charge is 0.189 e. The lowest BCUT2D eigenvalue weighted by atomic mass is 10.2. The fraction of sp³-hybridized carbons (Fsp3) is 0.429. The molecule has 0 aromatic carbocycles. The van der Waals surface area contributed by atoms with Crippen molar-refractivity contribution in [1.82, 2.24) is 10.3 Å². The number of hydrogen-bond acceptors (Lipinski definition) is 4. The van der Waals surface area contributed by atoms with Crippen LogP contribution in [0.2, 0.25) is 0 Å². The molecule has 1 aliphatic rings. The van der Waals surface area contributed by atoms with Gasteiger partial charge in [-0.3, -0.25) is 0 Å². The Kier molecular flexibility index (Phi) is 5.51. The standard InChI is InChI=1S/C14H20FN5O/c1-2-3-17-14(16)19-10-11-8-12(15)13(18-9-11)20-4-6-21-7-5-20/h2,8-9H,1,3-7,10H2,(H3,16,17,19). The van der Waals surface area contributed by atoms with Gasteiger partial charge in [0.15, 0.2) is 17.6 Å². The second-order valence-electron chi connectivity index (χ2n) is 4.62. The largest absolute Gasteiger partial charge is 0.378 e. The van der Waals surface area contributed by atoms with Crippen molar-refractivity contribution in [2.75, 3.05) is 37.7 Å². The Labute approximate surface area is 123 Å². The van der Waals surface area contributed by atoms with Gasteiger partial charge in [-0.2, -0.15) is 0 Å². The number of aromatic nitrogens is 1. The van der Waals surface area contributed by atoms with Crippen LogP contribution in [0.3, 0.4) is 0 Å². The predicted octanol–water partition coefficient (Wildman–Crippen LogP) is 0.648. The van der Waals surface area contributed by atoms with E-state index in [0.717, 1.165) is 0 Å². The Morgan fingerprint density at radius 3 is 3.00 bits per heavy atom. The van der Waals surface area contributed by atoms with Gasteiger partial charge in [-0.25, -0.2) is 14.4 Å². The molecule has 6 nitrogen and oxygen atoms in total. The van der Waals surface area contributed by atoms with Crippen molar-refractivity contribution in [3.8, 4) is 0 Å². The zero-order valence-corrected chi connectivity index (χ0v) is 11.9. The maximum atomic E-state index is 14.1. The molecule has 0 saturated carbocycles. The Morgan fingerprint density at radius 1 is 1.57 bits per heavy atom. The maximum Gasteiger partial charge on any atom is 0.189 e. The molecule has 7 heteroatoms. The van der Waals surface area contributed by atoms with Crippen molar-refractivity contribution < 1.29 is 9.13 Å². The van der Waals surface area contributed by atoms with E-state index in [0.29, 0.717) is 50.2 Å². The van der Waals surface area contributed by atoms with Gasteiger partial charge in [0.2, 0.25) is 0 Å². The van der Waals surface area contributed by atoms with Gasteiger partial charge in [0.05, 0.1) is 19.8 Å². The third-order valence-electron chi connectivity index (χ3n) is 3.05. The van der Waals surface area contributed by atoms with Gasteiger partial charge in [-0.1, -0.05) is 6.08 Å². The van der Waals surface area contributed by atoms with Gasteiger partial charge in [-0.05, 0) is 11.6 Å². The van der Waals surface area contributed by atoms with Gasteiger partial charge in [0.25, 0.3) is 0 Å². The zero-order valence-electron chi connectivity index (χ0n) is 11.9. The third-order valence-corrected chi connectivity index (χ3v) is 3.05. The summed E-state index contributed by atoms with van der Waals surface area (Å²) in [6, 6.07) is 1.45. The number of aliphatic imine (C=N–C) groups is 1. The molecule has 2 heterocycles. The Hall–Kier alpha value is -2.15. The quantitative estimate of drug-likeness (QED) is 0.473. The molecule has 1 saturated heterocycles. The molecule has 1 fully saturated rings. The highest BCUT2D eigenvalue weighted by Gasteiger charge is 2.16. The van der Waals surface area contributed by atoms with Crippen LogP contribution in [0.4, 0.5) is 10.2 Å². The van der Waals surface area contributed by atoms with Crippen molar-refractivity contribution >= 4 is 11.8 Å². The van der Waals surface area contributed by atoms with Crippen LogP contribution in [0.25, 0.3) is 0 Å². The molecule has 1 aliphatic heterocycles. The van der Waals surface area contributed by atoms with Gasteiger partial charge < -0.3 is 20.7 Å². The van der Waals surface area contributed by atoms with Crippen LogP contribution in [0, 0.1) is 5.82 Å². The highest BCUT2D eigenvalue weighted by Crippen LogP contribution is 2.18. The zero-order chi connectivity index (χ0) is 15.1. The molecular formula is C14H20FN5O. The highest BCUT2D eigenvalue weighted by molar-refractivity contribution is 5.77. The van der Waals surface area contributed by atoms with Crippen LogP contribution in [0.15, 0.2) is 29.9 Å². The van der Waals surface area contributed by atoms with E-state index in [-0.39, 0.29) is 12.4 Å². The first-order chi connectivity index (χ1) is 10.2. The van der Waals surface area contributed by atoms with Gasteiger partial charge in [0.1, 0.15) is 0 Å². The molecule has 0 amide bonds. The van der Waals surface area contributed by atoms with Gasteiger partial charge in [0, 0.05) is 25.8 Å². The lowest BCUT2D eigenvalue weighted by Crippen LogP contribution is -2.37. The first-order valence-corrected chi connectivity index (χ1v) is 6.82. The summed E-state index contributed by atoms with van der Waals surface area (Å²) in [5, 5.41) is 2.85. The van der Waals surface area contributed by atoms with E-state index < -0.39 is 0 Å². The molecule has 21 heavy (non-hydrogen) atoms. The fourth-order valence-electron chi connectivity index (χ4n) is 1.97. The minimum atomic E-state index is -0.345. The summed E-state index contributed by atoms with van der Waals surface area (Å²) < 4.78 is 19.4. The number of anilines is 1. The monoisotopic (exact) mass is 293 g/mol. The second kappa shape index (κ2) is 7.58. The van der Waals surface area contributed by atoms with E-state index >= 15 is 0 Å². The van der Waals surface area contributed by atoms with Crippen LogP contribution in [-0.2, 0) is 11.3 Å². The molecular weight excluding hydrogens is 273 g/mol. The lowest BCUT2D eigenvalue weighted by Gasteiger charge is -2.28. The number of nitrogens with zero attached hydrogens (tertiary/aromatic N) is 3. The maximum absolute atomic E-state index is 14.1. The molecule has 0 radical (unpaired) electrons. The molecule has 0 atom stereocenters. The van der Waals surface area contributed by atoms with E-state index in [1.165, 1.54) is 6.07 Å². The van der Waals surface area contributed by atoms with Crippen LogP contribution >= 0.6 is 0 Å². The average Bonchev–Trinajstić information content (AvgIpc) is 2.52. The average molecular weight is 293 g/mol. The van der Waals surface area contributed by atoms with Crippen molar-refractivity contribution in [2.24, 2.45) is 10.7 Å². The van der Waals surface area contributed by atoms with E-state index in [1.54, 1.807) is 12.3 Å². The molecule has 114 valence electrons. The van der Waals surface area contributed by atoms with E-state index in [4.69, 9.17) is 10.5 Å². The molecule has 0 unspecified atom stereocenters. The number of morpholine rings is 1. The van der Waals surface area contributed by atoms with E-state index in [1.807, 2.05) is 4.90 Å². The predicted molar refractivity (Wildman–Crippen MR) is 80.8 cm³/mol. The minimum absolute atomic E-state index is 0.281. The summed E-state index contributed by atoms with van der Waals surface area (Å²) in [5.41, 5.74) is 6.32. The summed E-state index contributed by atoms with van der Waals surface area (Å²) in [5.74, 6) is 0.318. The van der Waals surface area contributed by atoms with Crippen LogP contribution in [0.5, 0.6) is 0 Å². The summed E-state index contributed by atoms with van der Waals surface area (Å²) in [6.07, 6.45) is 3.30. The minimum Gasteiger partial charge on any atom is -0.378 e. The summed E-state index contributed by atoms with van der Waals surface area (Å²) in [6.45, 7) is 6.89. The molecule has 3 N–H and O–H groups in total. The van der Waals surface area contributed by atoms with Crippen LogP contribution in [0.1, 0.15) is 5.56 Å². The van der Waals surface area contributed by atoms with Crippen LogP contribution < -0.4 is 16.0 Å². The van der Waals surface area contributed by atoms with E-state index in [9.17, 15) is 4.39 Å². The van der Waals surface area contributed by atoms with Crippen molar-refractivity contribution in [2.45, 2.75) is 6.54 Å². The number of guanidine groups is 1. The number of hydrogen-bond donors (Lipinski definition) is 2.